The Bertz CT molecular complexity index is 299. The summed E-state index contributed by atoms with van der Waals surface area (Å²) >= 11 is 1.97. The zero-order valence-electron chi connectivity index (χ0n) is 10.9. The highest BCUT2D eigenvalue weighted by Crippen LogP contribution is 2.38. The zero-order chi connectivity index (χ0) is 11.7. The molecule has 2 nitrogen and oxygen atoms in total. The lowest BCUT2D eigenvalue weighted by molar-refractivity contribution is 0.250. The number of amidine groups is 1. The van der Waals surface area contributed by atoms with E-state index in [1.165, 1.54) is 62.3 Å². The Hall–Kier alpha value is -0.180. The molecule has 2 aliphatic carbocycles. The van der Waals surface area contributed by atoms with Crippen LogP contribution in [0.5, 0.6) is 0 Å². The van der Waals surface area contributed by atoms with Gasteiger partial charge in [0.05, 0.1) is 6.04 Å². The molecule has 0 aromatic heterocycles. The third-order valence-corrected chi connectivity index (χ3v) is 5.89. The third-order valence-electron chi connectivity index (χ3n) is 4.71. The molecule has 0 bridgehead atoms. The van der Waals surface area contributed by atoms with Gasteiger partial charge in [0.1, 0.15) is 0 Å². The molecule has 3 fully saturated rings. The molecular formula is C14H24N2S. The number of thioether (sulfide) groups is 1. The van der Waals surface area contributed by atoms with E-state index in [1.54, 1.807) is 0 Å². The summed E-state index contributed by atoms with van der Waals surface area (Å²) in [5, 5.41) is 5.02. The molecule has 1 spiro atoms. The van der Waals surface area contributed by atoms with Gasteiger partial charge in [-0.25, -0.2) is 0 Å². The minimum Gasteiger partial charge on any atom is -0.359 e. The van der Waals surface area contributed by atoms with Crippen LogP contribution in [0.3, 0.4) is 0 Å². The summed E-state index contributed by atoms with van der Waals surface area (Å²) in [6.07, 6.45) is 10.9. The molecule has 1 aliphatic heterocycles. The van der Waals surface area contributed by atoms with Gasteiger partial charge in [-0.15, -0.1) is 0 Å². The second kappa shape index (κ2) is 4.83. The van der Waals surface area contributed by atoms with Gasteiger partial charge in [0, 0.05) is 11.3 Å². The normalized spacial score (nSPS) is 41.2. The van der Waals surface area contributed by atoms with Gasteiger partial charge in [-0.3, -0.25) is 4.99 Å². The first-order valence-electron chi connectivity index (χ1n) is 7.25. The lowest BCUT2D eigenvalue weighted by atomic mass is 9.78. The van der Waals surface area contributed by atoms with Gasteiger partial charge in [-0.2, -0.15) is 0 Å². The molecule has 1 heterocycles. The lowest BCUT2D eigenvalue weighted by Crippen LogP contribution is -2.46. The van der Waals surface area contributed by atoms with Gasteiger partial charge >= 0.3 is 0 Å². The fourth-order valence-corrected chi connectivity index (χ4v) is 4.64. The smallest absolute Gasteiger partial charge is 0.157 e. The van der Waals surface area contributed by atoms with E-state index in [0.717, 1.165) is 5.92 Å². The van der Waals surface area contributed by atoms with E-state index in [2.05, 4.69) is 12.2 Å². The number of nitrogens with zero attached hydrogens (tertiary/aromatic N) is 1. The van der Waals surface area contributed by atoms with Gasteiger partial charge in [0.15, 0.2) is 5.17 Å². The van der Waals surface area contributed by atoms with Crippen molar-refractivity contribution >= 4 is 16.9 Å². The molecule has 0 aromatic rings. The molecule has 3 rings (SSSR count). The molecular weight excluding hydrogens is 228 g/mol. The Balaban J connectivity index is 1.61. The zero-order valence-corrected chi connectivity index (χ0v) is 11.7. The highest BCUT2D eigenvalue weighted by molar-refractivity contribution is 8.14. The minimum absolute atomic E-state index is 0.411. The van der Waals surface area contributed by atoms with E-state index in [4.69, 9.17) is 4.99 Å². The average molecular weight is 252 g/mol. The Kier molecular flexibility index (Phi) is 3.38. The maximum Gasteiger partial charge on any atom is 0.157 e. The summed E-state index contributed by atoms with van der Waals surface area (Å²) in [7, 11) is 0. The van der Waals surface area contributed by atoms with Crippen molar-refractivity contribution in [3.63, 3.8) is 0 Å². The molecule has 3 aliphatic rings. The van der Waals surface area contributed by atoms with Crippen molar-refractivity contribution in [1.29, 1.82) is 0 Å². The third kappa shape index (κ3) is 2.64. The molecule has 2 saturated carbocycles. The van der Waals surface area contributed by atoms with Crippen molar-refractivity contribution in [1.82, 2.24) is 5.32 Å². The van der Waals surface area contributed by atoms with E-state index in [1.807, 2.05) is 11.8 Å². The standard InChI is InChI=1S/C14H24N2S/c1-11-6-8-14(9-7-11)10-17-13(16-14)15-12-4-2-3-5-12/h11-12H,2-10H2,1H3,(H,15,16). The molecule has 0 atom stereocenters. The average Bonchev–Trinajstić information content (AvgIpc) is 2.95. The van der Waals surface area contributed by atoms with Crippen LogP contribution in [0.2, 0.25) is 0 Å². The summed E-state index contributed by atoms with van der Waals surface area (Å²) < 4.78 is 0. The van der Waals surface area contributed by atoms with Crippen molar-refractivity contribution in [2.75, 3.05) is 5.75 Å². The van der Waals surface area contributed by atoms with Crippen LogP contribution in [0.15, 0.2) is 4.99 Å². The van der Waals surface area contributed by atoms with Crippen LogP contribution in [-0.2, 0) is 0 Å². The van der Waals surface area contributed by atoms with Crippen LogP contribution in [0.25, 0.3) is 0 Å². The summed E-state index contributed by atoms with van der Waals surface area (Å²) in [6, 6.07) is 0.627. The van der Waals surface area contributed by atoms with Gasteiger partial charge < -0.3 is 5.32 Å². The van der Waals surface area contributed by atoms with Gasteiger partial charge in [-0.1, -0.05) is 31.5 Å². The van der Waals surface area contributed by atoms with Crippen molar-refractivity contribution in [3.05, 3.63) is 0 Å². The number of nitrogens with one attached hydrogen (secondary N) is 1. The first-order valence-corrected chi connectivity index (χ1v) is 8.23. The Morgan fingerprint density at radius 1 is 1.18 bits per heavy atom. The van der Waals surface area contributed by atoms with E-state index in [9.17, 15) is 0 Å². The second-order valence-corrected chi connectivity index (χ2v) is 7.21. The number of hydrogen-bond acceptors (Lipinski definition) is 2. The van der Waals surface area contributed by atoms with Crippen molar-refractivity contribution in [3.8, 4) is 0 Å². The molecule has 0 aromatic carbocycles. The van der Waals surface area contributed by atoms with Crippen LogP contribution in [0.1, 0.15) is 58.3 Å². The van der Waals surface area contributed by atoms with Gasteiger partial charge in [-0.05, 0) is 44.4 Å². The predicted molar refractivity (Wildman–Crippen MR) is 75.6 cm³/mol. The highest BCUT2D eigenvalue weighted by atomic mass is 32.2. The van der Waals surface area contributed by atoms with Gasteiger partial charge in [0.25, 0.3) is 0 Å². The highest BCUT2D eigenvalue weighted by Gasteiger charge is 2.39. The Labute approximate surface area is 109 Å². The molecule has 3 heteroatoms. The SMILES string of the molecule is CC1CCC2(CC1)CSC(=NC1CCCC1)N2. The van der Waals surface area contributed by atoms with Crippen LogP contribution in [0.4, 0.5) is 0 Å². The molecule has 1 N–H and O–H groups in total. The fraction of sp³-hybridized carbons (Fsp3) is 0.929. The first-order chi connectivity index (χ1) is 8.26. The maximum absolute atomic E-state index is 4.91. The Morgan fingerprint density at radius 3 is 2.59 bits per heavy atom. The van der Waals surface area contributed by atoms with Crippen LogP contribution >= 0.6 is 11.8 Å². The van der Waals surface area contributed by atoms with Crippen LogP contribution in [0, 0.1) is 5.92 Å². The number of aliphatic imine (C=N–C) groups is 1. The summed E-state index contributed by atoms with van der Waals surface area (Å²) in [5.74, 6) is 2.19. The van der Waals surface area contributed by atoms with Gasteiger partial charge in [0.2, 0.25) is 0 Å². The number of rotatable bonds is 1. The molecule has 96 valence electrons. The van der Waals surface area contributed by atoms with E-state index >= 15 is 0 Å². The fourth-order valence-electron chi connectivity index (χ4n) is 3.36. The lowest BCUT2D eigenvalue weighted by Gasteiger charge is -2.35. The van der Waals surface area contributed by atoms with Crippen LogP contribution in [-0.4, -0.2) is 22.5 Å². The van der Waals surface area contributed by atoms with E-state index < -0.39 is 0 Å². The number of hydrogen-bond donors (Lipinski definition) is 1. The van der Waals surface area contributed by atoms with E-state index in [0.29, 0.717) is 11.6 Å². The summed E-state index contributed by atoms with van der Waals surface area (Å²) in [6.45, 7) is 2.39. The van der Waals surface area contributed by atoms with Crippen LogP contribution < -0.4 is 5.32 Å². The Morgan fingerprint density at radius 2 is 1.88 bits per heavy atom. The first kappa shape index (κ1) is 11.9. The second-order valence-electron chi connectivity index (χ2n) is 6.25. The van der Waals surface area contributed by atoms with E-state index in [-0.39, 0.29) is 0 Å². The predicted octanol–water partition coefficient (Wildman–Crippen LogP) is 3.57. The minimum atomic E-state index is 0.411. The summed E-state index contributed by atoms with van der Waals surface area (Å²) in [4.78, 5) is 4.91. The molecule has 0 radical (unpaired) electrons. The van der Waals surface area contributed by atoms with Crippen molar-refractivity contribution in [2.24, 2.45) is 10.9 Å². The molecule has 1 saturated heterocycles. The molecule has 0 unspecified atom stereocenters. The van der Waals surface area contributed by atoms with Crippen molar-refractivity contribution < 1.29 is 0 Å². The molecule has 0 amide bonds. The quantitative estimate of drug-likeness (QED) is 0.771. The summed E-state index contributed by atoms with van der Waals surface area (Å²) in [5.41, 5.74) is 0.411. The maximum atomic E-state index is 4.91. The monoisotopic (exact) mass is 252 g/mol. The van der Waals surface area contributed by atoms with Crippen molar-refractivity contribution in [2.45, 2.75) is 69.9 Å². The topological polar surface area (TPSA) is 24.4 Å². The largest absolute Gasteiger partial charge is 0.359 e. The molecule has 17 heavy (non-hydrogen) atoms.